The Labute approximate surface area is 146 Å². The highest BCUT2D eigenvalue weighted by Crippen LogP contribution is 2.37. The summed E-state index contributed by atoms with van der Waals surface area (Å²) < 4.78 is 1.19. The summed E-state index contributed by atoms with van der Waals surface area (Å²) in [6.45, 7) is 2.94. The molecular weight excluding hydrogens is 316 g/mol. The van der Waals surface area contributed by atoms with Gasteiger partial charge in [0.25, 0.3) is 5.91 Å². The van der Waals surface area contributed by atoms with Crippen LogP contribution in [0.5, 0.6) is 0 Å². The molecule has 1 aromatic heterocycles. The predicted octanol–water partition coefficient (Wildman–Crippen LogP) is 4.84. The first-order valence-electron chi connectivity index (χ1n) is 8.51. The summed E-state index contributed by atoms with van der Waals surface area (Å²) in [7, 11) is 0. The van der Waals surface area contributed by atoms with Gasteiger partial charge in [-0.1, -0.05) is 31.2 Å². The molecule has 1 aliphatic heterocycles. The van der Waals surface area contributed by atoms with Gasteiger partial charge >= 0.3 is 0 Å². The van der Waals surface area contributed by atoms with Crippen molar-refractivity contribution in [3.05, 3.63) is 64.7 Å². The number of likely N-dealkylation sites (tertiary alicyclic amines) is 1. The molecule has 3 aromatic rings. The van der Waals surface area contributed by atoms with Crippen molar-refractivity contribution in [2.24, 2.45) is 0 Å². The third-order valence-corrected chi connectivity index (χ3v) is 5.86. The average molecular weight is 336 g/mol. The summed E-state index contributed by atoms with van der Waals surface area (Å²) in [6.07, 6.45) is 3.03. The van der Waals surface area contributed by atoms with E-state index in [1.807, 2.05) is 35.2 Å². The van der Waals surface area contributed by atoms with Crippen molar-refractivity contribution in [1.82, 2.24) is 9.88 Å². The maximum Gasteiger partial charge on any atom is 0.254 e. The van der Waals surface area contributed by atoms with E-state index in [1.165, 1.54) is 10.3 Å². The lowest BCUT2D eigenvalue weighted by Gasteiger charge is -2.23. The van der Waals surface area contributed by atoms with Gasteiger partial charge in [0.1, 0.15) is 5.01 Å². The molecule has 1 unspecified atom stereocenters. The highest BCUT2D eigenvalue weighted by molar-refractivity contribution is 7.18. The number of hydrogen-bond acceptors (Lipinski definition) is 3. The number of benzene rings is 2. The number of carbonyl (C=O) groups excluding carboxylic acids is 1. The number of fused-ring (bicyclic) bond motifs is 1. The van der Waals surface area contributed by atoms with Gasteiger partial charge in [0.2, 0.25) is 0 Å². The highest BCUT2D eigenvalue weighted by atomic mass is 32.1. The monoisotopic (exact) mass is 336 g/mol. The largest absolute Gasteiger partial charge is 0.329 e. The second-order valence-corrected chi connectivity index (χ2v) is 7.29. The normalized spacial score (nSPS) is 17.5. The van der Waals surface area contributed by atoms with E-state index in [4.69, 9.17) is 4.98 Å². The summed E-state index contributed by atoms with van der Waals surface area (Å²) in [5.74, 6) is 0.124. The Morgan fingerprint density at radius 3 is 2.75 bits per heavy atom. The zero-order valence-electron chi connectivity index (χ0n) is 13.7. The molecule has 0 spiro atoms. The number of para-hydroxylation sites is 1. The van der Waals surface area contributed by atoms with Crippen LogP contribution in [0.3, 0.4) is 0 Å². The van der Waals surface area contributed by atoms with E-state index in [1.54, 1.807) is 11.3 Å². The van der Waals surface area contributed by atoms with Gasteiger partial charge in [-0.25, -0.2) is 4.98 Å². The lowest BCUT2D eigenvalue weighted by molar-refractivity contribution is 0.0735. The Hall–Kier alpha value is -2.20. The molecule has 0 bridgehead atoms. The molecule has 0 aliphatic carbocycles. The number of amides is 1. The number of nitrogens with zero attached hydrogens (tertiary/aromatic N) is 2. The van der Waals surface area contributed by atoms with E-state index in [2.05, 4.69) is 25.1 Å². The first-order valence-corrected chi connectivity index (χ1v) is 9.33. The maximum absolute atomic E-state index is 12.9. The van der Waals surface area contributed by atoms with Crippen LogP contribution in [0.4, 0.5) is 0 Å². The SMILES string of the molecule is CCc1ccc(C(=O)N2CCCC2c2nc3ccccc3s2)cc1. The van der Waals surface area contributed by atoms with Gasteiger partial charge in [-0.05, 0) is 49.1 Å². The van der Waals surface area contributed by atoms with Crippen LogP contribution in [0, 0.1) is 0 Å². The highest BCUT2D eigenvalue weighted by Gasteiger charge is 2.32. The molecule has 122 valence electrons. The topological polar surface area (TPSA) is 33.2 Å². The van der Waals surface area contributed by atoms with Gasteiger partial charge in [-0.15, -0.1) is 11.3 Å². The standard InChI is InChI=1S/C20H20N2OS/c1-2-14-9-11-15(12-10-14)20(23)22-13-5-7-17(22)19-21-16-6-3-4-8-18(16)24-19/h3-4,6,8-12,17H,2,5,7,13H2,1H3. The molecule has 0 saturated carbocycles. The second-order valence-electron chi connectivity index (χ2n) is 6.23. The molecule has 1 aliphatic rings. The summed E-state index contributed by atoms with van der Waals surface area (Å²) in [6, 6.07) is 16.3. The minimum Gasteiger partial charge on any atom is -0.329 e. The molecule has 2 aromatic carbocycles. The molecule has 4 heteroatoms. The Bertz CT molecular complexity index is 836. The minimum atomic E-state index is 0.112. The van der Waals surface area contributed by atoms with Gasteiger partial charge in [0.05, 0.1) is 16.3 Å². The van der Waals surface area contributed by atoms with Crippen LogP contribution in [-0.4, -0.2) is 22.3 Å². The third-order valence-electron chi connectivity index (χ3n) is 4.72. The van der Waals surface area contributed by atoms with Crippen molar-refractivity contribution in [1.29, 1.82) is 0 Å². The number of carbonyl (C=O) groups is 1. The lowest BCUT2D eigenvalue weighted by Crippen LogP contribution is -2.30. The average Bonchev–Trinajstić information content (AvgIpc) is 3.27. The second kappa shape index (κ2) is 6.36. The summed E-state index contributed by atoms with van der Waals surface area (Å²) in [5.41, 5.74) is 3.07. The van der Waals surface area contributed by atoms with Gasteiger partial charge in [-0.2, -0.15) is 0 Å². The fourth-order valence-corrected chi connectivity index (χ4v) is 4.46. The van der Waals surface area contributed by atoms with Crippen LogP contribution in [0.25, 0.3) is 10.2 Å². The molecule has 1 amide bonds. The summed E-state index contributed by atoms with van der Waals surface area (Å²) in [5, 5.41) is 1.06. The van der Waals surface area contributed by atoms with Crippen LogP contribution in [0.1, 0.15) is 46.7 Å². The minimum absolute atomic E-state index is 0.112. The molecule has 24 heavy (non-hydrogen) atoms. The Morgan fingerprint density at radius 1 is 1.21 bits per heavy atom. The zero-order valence-corrected chi connectivity index (χ0v) is 14.6. The molecule has 0 radical (unpaired) electrons. The fraction of sp³-hybridized carbons (Fsp3) is 0.300. The zero-order chi connectivity index (χ0) is 16.5. The predicted molar refractivity (Wildman–Crippen MR) is 98.5 cm³/mol. The Kier molecular flexibility index (Phi) is 4.07. The number of hydrogen-bond donors (Lipinski definition) is 0. The Balaban J connectivity index is 1.62. The van der Waals surface area contributed by atoms with E-state index in [9.17, 15) is 4.79 Å². The molecule has 2 heterocycles. The summed E-state index contributed by atoms with van der Waals surface area (Å²) in [4.78, 5) is 19.7. The van der Waals surface area contributed by atoms with E-state index in [-0.39, 0.29) is 11.9 Å². The van der Waals surface area contributed by atoms with Crippen molar-refractivity contribution >= 4 is 27.5 Å². The summed E-state index contributed by atoms with van der Waals surface area (Å²) >= 11 is 1.71. The van der Waals surface area contributed by atoms with Crippen LogP contribution in [-0.2, 0) is 6.42 Å². The van der Waals surface area contributed by atoms with Crippen molar-refractivity contribution in [3.8, 4) is 0 Å². The lowest BCUT2D eigenvalue weighted by atomic mass is 10.1. The van der Waals surface area contributed by atoms with Crippen LogP contribution in [0.15, 0.2) is 48.5 Å². The molecule has 0 N–H and O–H groups in total. The van der Waals surface area contributed by atoms with Crippen LogP contribution in [0.2, 0.25) is 0 Å². The van der Waals surface area contributed by atoms with Gasteiger partial charge in [-0.3, -0.25) is 4.79 Å². The van der Waals surface area contributed by atoms with Gasteiger partial charge < -0.3 is 4.90 Å². The molecule has 3 nitrogen and oxygen atoms in total. The van der Waals surface area contributed by atoms with Crippen molar-refractivity contribution in [3.63, 3.8) is 0 Å². The first-order chi connectivity index (χ1) is 11.8. The van der Waals surface area contributed by atoms with Crippen molar-refractivity contribution in [2.75, 3.05) is 6.54 Å². The molecule has 1 saturated heterocycles. The molecule has 1 atom stereocenters. The van der Waals surface area contributed by atoms with Crippen LogP contribution < -0.4 is 0 Å². The quantitative estimate of drug-likeness (QED) is 0.686. The Morgan fingerprint density at radius 2 is 2.00 bits per heavy atom. The molecular formula is C20H20N2OS. The van der Waals surface area contributed by atoms with E-state index >= 15 is 0 Å². The fourth-order valence-electron chi connectivity index (χ4n) is 3.35. The van der Waals surface area contributed by atoms with Gasteiger partial charge in [0.15, 0.2) is 0 Å². The number of aryl methyl sites for hydroxylation is 1. The smallest absolute Gasteiger partial charge is 0.254 e. The van der Waals surface area contributed by atoms with Crippen molar-refractivity contribution in [2.45, 2.75) is 32.2 Å². The number of aromatic nitrogens is 1. The van der Waals surface area contributed by atoms with E-state index in [0.29, 0.717) is 0 Å². The number of thiazole rings is 1. The first kappa shape index (κ1) is 15.3. The van der Waals surface area contributed by atoms with Crippen molar-refractivity contribution < 1.29 is 4.79 Å². The molecule has 1 fully saturated rings. The van der Waals surface area contributed by atoms with E-state index in [0.717, 1.165) is 41.9 Å². The number of rotatable bonds is 3. The van der Waals surface area contributed by atoms with Gasteiger partial charge in [0, 0.05) is 12.1 Å². The maximum atomic E-state index is 12.9. The third kappa shape index (κ3) is 2.71. The molecule has 4 rings (SSSR count). The van der Waals surface area contributed by atoms with Crippen LogP contribution >= 0.6 is 11.3 Å². The van der Waals surface area contributed by atoms with E-state index < -0.39 is 0 Å².